The van der Waals surface area contributed by atoms with Crippen LogP contribution >= 0.6 is 11.6 Å². The Bertz CT molecular complexity index is 542. The highest BCUT2D eigenvalue weighted by atomic mass is 35.5. The molecule has 1 aliphatic rings. The lowest BCUT2D eigenvalue weighted by Crippen LogP contribution is -2.44. The van der Waals surface area contributed by atoms with Crippen LogP contribution in [0.4, 0.5) is 4.39 Å². The van der Waals surface area contributed by atoms with Gasteiger partial charge >= 0.3 is 0 Å². The van der Waals surface area contributed by atoms with Gasteiger partial charge in [0.1, 0.15) is 5.82 Å². The fourth-order valence-electron chi connectivity index (χ4n) is 2.75. The second-order valence-electron chi connectivity index (χ2n) is 6.83. The van der Waals surface area contributed by atoms with Crippen LogP contribution in [-0.4, -0.2) is 29.9 Å². The summed E-state index contributed by atoms with van der Waals surface area (Å²) in [5.41, 5.74) is 0.658. The van der Waals surface area contributed by atoms with Gasteiger partial charge in [0.2, 0.25) is 5.91 Å². The van der Waals surface area contributed by atoms with Crippen molar-refractivity contribution in [2.75, 3.05) is 13.1 Å². The summed E-state index contributed by atoms with van der Waals surface area (Å²) in [6, 6.07) is 5.00. The number of nitrogens with zero attached hydrogens (tertiary/aromatic N) is 1. The standard InChI is InChI=1S/C18H26ClFN2O/c1-12(2)13(3)21-18(23)14-6-8-22(9-7-14)11-15-4-5-16(19)10-17(15)20/h4-5,10,12-14H,6-9,11H2,1-3H3,(H,21,23). The zero-order valence-corrected chi connectivity index (χ0v) is 14.9. The highest BCUT2D eigenvalue weighted by molar-refractivity contribution is 6.30. The molecule has 1 N–H and O–H groups in total. The van der Waals surface area contributed by atoms with Gasteiger partial charge in [-0.15, -0.1) is 0 Å². The molecule has 1 aromatic carbocycles. The quantitative estimate of drug-likeness (QED) is 0.883. The average Bonchev–Trinajstić information content (AvgIpc) is 2.50. The van der Waals surface area contributed by atoms with E-state index in [0.717, 1.165) is 25.9 Å². The molecule has 0 spiro atoms. The number of likely N-dealkylation sites (tertiary alicyclic amines) is 1. The van der Waals surface area contributed by atoms with E-state index < -0.39 is 0 Å². The van der Waals surface area contributed by atoms with Gasteiger partial charge in [-0.3, -0.25) is 9.69 Å². The van der Waals surface area contributed by atoms with Gasteiger partial charge in [-0.05, 0) is 50.9 Å². The first kappa shape index (κ1) is 18.2. The Kier molecular flexibility index (Phi) is 6.42. The van der Waals surface area contributed by atoms with Crippen molar-refractivity contribution in [3.05, 3.63) is 34.6 Å². The summed E-state index contributed by atoms with van der Waals surface area (Å²) in [5, 5.41) is 3.51. The molecule has 1 unspecified atom stereocenters. The molecule has 1 saturated heterocycles. The molecule has 0 radical (unpaired) electrons. The van der Waals surface area contributed by atoms with Crippen molar-refractivity contribution >= 4 is 17.5 Å². The Morgan fingerprint density at radius 2 is 2.00 bits per heavy atom. The SMILES string of the molecule is CC(C)C(C)NC(=O)C1CCN(Cc2ccc(Cl)cc2F)CC1. The second kappa shape index (κ2) is 8.11. The number of piperidine rings is 1. The average molecular weight is 341 g/mol. The molecule has 0 aromatic heterocycles. The first-order chi connectivity index (χ1) is 10.9. The molecule has 1 aliphatic heterocycles. The van der Waals surface area contributed by atoms with Crippen LogP contribution in [0.2, 0.25) is 5.02 Å². The molecule has 0 aliphatic carbocycles. The molecule has 1 atom stereocenters. The van der Waals surface area contributed by atoms with E-state index in [1.807, 2.05) is 6.92 Å². The van der Waals surface area contributed by atoms with Crippen molar-refractivity contribution in [1.82, 2.24) is 10.2 Å². The summed E-state index contributed by atoms with van der Waals surface area (Å²) in [7, 11) is 0. The lowest BCUT2D eigenvalue weighted by molar-refractivity contribution is -0.127. The van der Waals surface area contributed by atoms with Gasteiger partial charge in [0, 0.05) is 29.1 Å². The van der Waals surface area contributed by atoms with Crippen molar-refractivity contribution in [2.45, 2.75) is 46.2 Å². The zero-order chi connectivity index (χ0) is 17.0. The number of benzene rings is 1. The van der Waals surface area contributed by atoms with Gasteiger partial charge in [-0.1, -0.05) is 31.5 Å². The number of amides is 1. The maximum absolute atomic E-state index is 13.9. The van der Waals surface area contributed by atoms with E-state index in [1.54, 1.807) is 12.1 Å². The van der Waals surface area contributed by atoms with Gasteiger partial charge in [0.25, 0.3) is 0 Å². The molecular weight excluding hydrogens is 315 g/mol. The topological polar surface area (TPSA) is 32.3 Å². The van der Waals surface area contributed by atoms with Crippen LogP contribution < -0.4 is 5.32 Å². The van der Waals surface area contributed by atoms with Gasteiger partial charge in [0.05, 0.1) is 0 Å². The van der Waals surface area contributed by atoms with Gasteiger partial charge in [0.15, 0.2) is 0 Å². The fraction of sp³-hybridized carbons (Fsp3) is 0.611. The van der Waals surface area contributed by atoms with E-state index in [0.29, 0.717) is 23.0 Å². The van der Waals surface area contributed by atoms with E-state index in [9.17, 15) is 9.18 Å². The fourth-order valence-corrected chi connectivity index (χ4v) is 2.91. The number of nitrogens with one attached hydrogen (secondary N) is 1. The van der Waals surface area contributed by atoms with E-state index in [4.69, 9.17) is 11.6 Å². The molecule has 5 heteroatoms. The molecule has 2 rings (SSSR count). The number of hydrogen-bond donors (Lipinski definition) is 1. The highest BCUT2D eigenvalue weighted by Gasteiger charge is 2.26. The summed E-state index contributed by atoms with van der Waals surface area (Å²) in [6.07, 6.45) is 1.65. The summed E-state index contributed by atoms with van der Waals surface area (Å²) < 4.78 is 13.9. The molecule has 0 saturated carbocycles. The molecule has 23 heavy (non-hydrogen) atoms. The molecule has 0 bridgehead atoms. The third-order valence-electron chi connectivity index (χ3n) is 4.74. The maximum atomic E-state index is 13.9. The number of carbonyl (C=O) groups is 1. The summed E-state index contributed by atoms with van der Waals surface area (Å²) in [6.45, 7) is 8.45. The molecule has 1 aromatic rings. The van der Waals surface area contributed by atoms with Crippen LogP contribution in [0.5, 0.6) is 0 Å². The van der Waals surface area contributed by atoms with Crippen molar-refractivity contribution in [2.24, 2.45) is 11.8 Å². The smallest absolute Gasteiger partial charge is 0.223 e. The third kappa shape index (κ3) is 5.18. The van der Waals surface area contributed by atoms with E-state index in [2.05, 4.69) is 24.1 Å². The summed E-state index contributed by atoms with van der Waals surface area (Å²) in [4.78, 5) is 14.5. The summed E-state index contributed by atoms with van der Waals surface area (Å²) in [5.74, 6) is 0.404. The molecule has 128 valence electrons. The second-order valence-corrected chi connectivity index (χ2v) is 7.26. The van der Waals surface area contributed by atoms with Crippen LogP contribution in [0.1, 0.15) is 39.2 Å². The zero-order valence-electron chi connectivity index (χ0n) is 14.1. The minimum atomic E-state index is -0.261. The Hall–Kier alpha value is -1.13. The maximum Gasteiger partial charge on any atom is 0.223 e. The minimum Gasteiger partial charge on any atom is -0.353 e. The van der Waals surface area contributed by atoms with Crippen molar-refractivity contribution in [3.8, 4) is 0 Å². The van der Waals surface area contributed by atoms with Crippen molar-refractivity contribution in [1.29, 1.82) is 0 Å². The predicted molar refractivity (Wildman–Crippen MR) is 91.9 cm³/mol. The largest absolute Gasteiger partial charge is 0.353 e. The Balaban J connectivity index is 1.83. The van der Waals surface area contributed by atoms with Gasteiger partial charge in [-0.2, -0.15) is 0 Å². The minimum absolute atomic E-state index is 0.0718. The third-order valence-corrected chi connectivity index (χ3v) is 4.97. The van der Waals surface area contributed by atoms with Crippen LogP contribution in [0.3, 0.4) is 0 Å². The Labute approximate surface area is 143 Å². The van der Waals surface area contributed by atoms with Crippen LogP contribution in [-0.2, 0) is 11.3 Å². The Morgan fingerprint density at radius 3 is 2.57 bits per heavy atom. The molecule has 1 fully saturated rings. The normalized spacial score (nSPS) is 18.2. The van der Waals surface area contributed by atoms with Crippen molar-refractivity contribution < 1.29 is 9.18 Å². The monoisotopic (exact) mass is 340 g/mol. The highest BCUT2D eigenvalue weighted by Crippen LogP contribution is 2.22. The number of rotatable bonds is 5. The summed E-state index contributed by atoms with van der Waals surface area (Å²) >= 11 is 5.78. The molecule has 1 heterocycles. The molecular formula is C18H26ClFN2O. The lowest BCUT2D eigenvalue weighted by Gasteiger charge is -2.32. The van der Waals surface area contributed by atoms with Gasteiger partial charge < -0.3 is 5.32 Å². The van der Waals surface area contributed by atoms with Crippen LogP contribution in [0, 0.1) is 17.7 Å². The Morgan fingerprint density at radius 1 is 1.35 bits per heavy atom. The number of hydrogen-bond acceptors (Lipinski definition) is 2. The number of carbonyl (C=O) groups excluding carboxylic acids is 1. The first-order valence-electron chi connectivity index (χ1n) is 8.33. The predicted octanol–water partition coefficient (Wildman–Crippen LogP) is 3.85. The molecule has 3 nitrogen and oxygen atoms in total. The van der Waals surface area contributed by atoms with Crippen LogP contribution in [0.25, 0.3) is 0 Å². The van der Waals surface area contributed by atoms with Gasteiger partial charge in [-0.25, -0.2) is 4.39 Å². The lowest BCUT2D eigenvalue weighted by atomic mass is 9.94. The molecule has 1 amide bonds. The van der Waals surface area contributed by atoms with Crippen molar-refractivity contribution in [3.63, 3.8) is 0 Å². The first-order valence-corrected chi connectivity index (χ1v) is 8.71. The van der Waals surface area contributed by atoms with Crippen LogP contribution in [0.15, 0.2) is 18.2 Å². The van der Waals surface area contributed by atoms with E-state index >= 15 is 0 Å². The van der Waals surface area contributed by atoms with E-state index in [1.165, 1.54) is 6.07 Å². The number of halogens is 2. The van der Waals surface area contributed by atoms with E-state index in [-0.39, 0.29) is 23.7 Å².